The number of nitrogens with two attached hydrogens (primary N) is 1. The smallest absolute Gasteiger partial charge is 0.305 e. The van der Waals surface area contributed by atoms with Crippen LogP contribution in [0.2, 0.25) is 10.0 Å². The fourth-order valence-electron chi connectivity index (χ4n) is 1.77. The minimum absolute atomic E-state index is 0.0287. The summed E-state index contributed by atoms with van der Waals surface area (Å²) in [7, 11) is 0. The van der Waals surface area contributed by atoms with Gasteiger partial charge in [0.1, 0.15) is 17.1 Å². The Bertz CT molecular complexity index is 745. The number of hydrogen-bond donors (Lipinski definition) is 1. The van der Waals surface area contributed by atoms with Gasteiger partial charge in [-0.2, -0.15) is 23.5 Å². The Balaban J connectivity index is 2.58. The molecule has 0 aromatic heterocycles. The molecular weight excluding hydrogens is 364 g/mol. The predicted octanol–water partition coefficient (Wildman–Crippen LogP) is 2.38. The maximum atomic E-state index is 12.7. The van der Waals surface area contributed by atoms with Crippen molar-refractivity contribution in [3.63, 3.8) is 0 Å². The molecule has 1 aliphatic heterocycles. The molecule has 1 heterocycles. The van der Waals surface area contributed by atoms with Gasteiger partial charge in [-0.1, -0.05) is 23.2 Å². The van der Waals surface area contributed by atoms with Crippen LogP contribution in [0.25, 0.3) is 0 Å². The van der Waals surface area contributed by atoms with Crippen molar-refractivity contribution >= 4 is 50.7 Å². The second-order valence-electron chi connectivity index (χ2n) is 4.08. The maximum absolute atomic E-state index is 12.7. The third kappa shape index (κ3) is 2.83. The summed E-state index contributed by atoms with van der Waals surface area (Å²) in [6, 6.07) is 3.01. The van der Waals surface area contributed by atoms with Crippen LogP contribution in [-0.2, 0) is 17.4 Å². The molecule has 116 valence electrons. The van der Waals surface area contributed by atoms with Crippen LogP contribution in [0.5, 0.6) is 0 Å². The van der Waals surface area contributed by atoms with Crippen molar-refractivity contribution in [2.24, 2.45) is 10.8 Å². The van der Waals surface area contributed by atoms with Crippen molar-refractivity contribution < 1.29 is 17.4 Å². The zero-order valence-corrected chi connectivity index (χ0v) is 12.7. The van der Waals surface area contributed by atoms with Gasteiger partial charge in [-0.25, -0.2) is 9.22 Å². The van der Waals surface area contributed by atoms with Crippen LogP contribution in [0.4, 0.5) is 18.9 Å². The van der Waals surface area contributed by atoms with Gasteiger partial charge in [0.2, 0.25) is 0 Å². The Hall–Kier alpha value is -1.60. The molecule has 0 bridgehead atoms. The summed E-state index contributed by atoms with van der Waals surface area (Å²) in [5, 5.41) is 12.9. The largest absolute Gasteiger partial charge is 0.416 e. The lowest BCUT2D eigenvalue weighted by atomic mass is 10.2. The number of hydrazone groups is 1. The minimum Gasteiger partial charge on any atom is -0.305 e. The lowest BCUT2D eigenvalue weighted by Gasteiger charge is -2.22. The van der Waals surface area contributed by atoms with Gasteiger partial charge in [-0.15, -0.1) is 0 Å². The number of benzene rings is 1. The van der Waals surface area contributed by atoms with Gasteiger partial charge in [-0.05, 0) is 12.1 Å². The number of nitrogens with zero attached hydrogens (tertiary/aromatic N) is 3. The average Bonchev–Trinajstić information content (AvgIpc) is 2.73. The highest BCUT2D eigenvalue weighted by Crippen LogP contribution is 2.41. The predicted molar refractivity (Wildman–Crippen MR) is 78.1 cm³/mol. The second-order valence-corrected chi connectivity index (χ2v) is 5.50. The summed E-state index contributed by atoms with van der Waals surface area (Å²) < 4.78 is 49.0. The molecule has 1 aliphatic rings. The molecule has 0 spiro atoms. The molecule has 1 aromatic carbocycles. The molecule has 11 heteroatoms. The number of halogens is 5. The lowest BCUT2D eigenvalue weighted by Crippen LogP contribution is -2.42. The van der Waals surface area contributed by atoms with Crippen LogP contribution in [0.3, 0.4) is 0 Å². The highest BCUT2D eigenvalue weighted by molar-refractivity contribution is 7.69. The third-order valence-electron chi connectivity index (χ3n) is 2.74. The fourth-order valence-corrected chi connectivity index (χ4v) is 2.80. The van der Waals surface area contributed by atoms with Crippen molar-refractivity contribution in [1.29, 1.82) is 5.26 Å². The molecule has 0 saturated carbocycles. The summed E-state index contributed by atoms with van der Waals surface area (Å²) in [5.41, 5.74) is 4.37. The van der Waals surface area contributed by atoms with E-state index >= 15 is 0 Å². The summed E-state index contributed by atoms with van der Waals surface area (Å²) in [6.45, 7) is 0. The zero-order valence-electron chi connectivity index (χ0n) is 10.4. The Morgan fingerprint density at radius 1 is 1.36 bits per heavy atom. The summed E-state index contributed by atoms with van der Waals surface area (Å²) in [6.07, 6.45) is -5.77. The zero-order chi connectivity index (χ0) is 16.7. The topological polar surface area (TPSA) is 82.5 Å². The molecule has 22 heavy (non-hydrogen) atoms. The summed E-state index contributed by atoms with van der Waals surface area (Å²) in [5.74, 6) is 0. The van der Waals surface area contributed by atoms with Crippen LogP contribution in [0.15, 0.2) is 17.2 Å². The first kappa shape index (κ1) is 16.8. The van der Waals surface area contributed by atoms with Crippen LogP contribution in [0, 0.1) is 11.3 Å². The first-order valence-electron chi connectivity index (χ1n) is 5.47. The first-order valence-corrected chi connectivity index (χ1v) is 6.97. The molecule has 1 atom stereocenters. The SMILES string of the molecule is N#CC1=NN(c2c(Cl)cc(C(F)(F)F)cc2Cl)C(N)C1=S=O. The molecule has 2 N–H and O–H groups in total. The molecule has 0 radical (unpaired) electrons. The van der Waals surface area contributed by atoms with Gasteiger partial charge in [-0.3, -0.25) is 0 Å². The van der Waals surface area contributed by atoms with Gasteiger partial charge in [0, 0.05) is 0 Å². The highest BCUT2D eigenvalue weighted by Gasteiger charge is 2.36. The van der Waals surface area contributed by atoms with Crippen molar-refractivity contribution in [1.82, 2.24) is 0 Å². The Labute approximate surface area is 135 Å². The minimum atomic E-state index is -4.62. The number of anilines is 1. The molecule has 1 aromatic rings. The van der Waals surface area contributed by atoms with Crippen molar-refractivity contribution in [3.8, 4) is 6.07 Å². The van der Waals surface area contributed by atoms with Crippen molar-refractivity contribution in [2.75, 3.05) is 5.01 Å². The molecule has 2 rings (SSSR count). The van der Waals surface area contributed by atoms with E-state index in [1.165, 1.54) is 0 Å². The Morgan fingerprint density at radius 2 is 1.91 bits per heavy atom. The number of nitriles is 1. The molecule has 5 nitrogen and oxygen atoms in total. The third-order valence-corrected chi connectivity index (χ3v) is 3.93. The van der Waals surface area contributed by atoms with E-state index in [2.05, 4.69) is 5.10 Å². The van der Waals surface area contributed by atoms with Gasteiger partial charge >= 0.3 is 6.18 Å². The normalized spacial score (nSPS) is 18.2. The number of alkyl halides is 3. The summed E-state index contributed by atoms with van der Waals surface area (Å²) in [4.78, 5) is -0.0745. The Kier molecular flexibility index (Phi) is 4.49. The van der Waals surface area contributed by atoms with E-state index in [1.54, 1.807) is 6.07 Å². The van der Waals surface area contributed by atoms with Crippen molar-refractivity contribution in [3.05, 3.63) is 27.7 Å². The molecule has 0 aliphatic carbocycles. The van der Waals surface area contributed by atoms with Gasteiger partial charge in [0.05, 0.1) is 32.6 Å². The van der Waals surface area contributed by atoms with Crippen molar-refractivity contribution in [2.45, 2.75) is 12.3 Å². The Morgan fingerprint density at radius 3 is 2.27 bits per heavy atom. The fraction of sp³-hybridized carbons (Fsp3) is 0.182. The first-order chi connectivity index (χ1) is 10.2. The van der Waals surface area contributed by atoms with E-state index in [9.17, 15) is 17.4 Å². The molecular formula is C11H5Cl2F3N4OS. The van der Waals surface area contributed by atoms with Crippen LogP contribution < -0.4 is 10.7 Å². The van der Waals surface area contributed by atoms with Gasteiger partial charge in [0.25, 0.3) is 0 Å². The van der Waals surface area contributed by atoms with E-state index in [1.807, 2.05) is 0 Å². The van der Waals surface area contributed by atoms with Crippen LogP contribution in [-0.4, -0.2) is 21.0 Å². The van der Waals surface area contributed by atoms with E-state index in [-0.39, 0.29) is 37.6 Å². The highest BCUT2D eigenvalue weighted by atomic mass is 35.5. The van der Waals surface area contributed by atoms with Gasteiger partial charge in [0.15, 0.2) is 5.71 Å². The second kappa shape index (κ2) is 5.89. The molecule has 0 amide bonds. The van der Waals surface area contributed by atoms with E-state index in [0.717, 1.165) is 5.01 Å². The maximum Gasteiger partial charge on any atom is 0.416 e. The standard InChI is InChI=1S/C11H5Cl2F3N4OS/c12-5-1-4(11(14,15)16)2-6(13)8(5)20-10(18)9(22-21)7(3-17)19-20/h1-2,10H,18H2. The van der Waals surface area contributed by atoms with E-state index in [4.69, 9.17) is 34.2 Å². The average molecular weight is 369 g/mol. The quantitative estimate of drug-likeness (QED) is 0.771. The monoisotopic (exact) mass is 368 g/mol. The van der Waals surface area contributed by atoms with Gasteiger partial charge < -0.3 is 5.73 Å². The van der Waals surface area contributed by atoms with E-state index in [0.29, 0.717) is 12.1 Å². The number of hydrogen-bond acceptors (Lipinski definition) is 5. The van der Waals surface area contributed by atoms with E-state index < -0.39 is 17.9 Å². The molecule has 0 saturated heterocycles. The van der Waals surface area contributed by atoms with Crippen LogP contribution >= 0.6 is 23.2 Å². The summed E-state index contributed by atoms with van der Waals surface area (Å²) >= 11 is 11.7. The lowest BCUT2D eigenvalue weighted by molar-refractivity contribution is -0.137. The molecule has 0 fully saturated rings. The molecule has 1 unspecified atom stereocenters. The van der Waals surface area contributed by atoms with Crippen LogP contribution in [0.1, 0.15) is 5.56 Å². The number of rotatable bonds is 1.